The van der Waals surface area contributed by atoms with Crippen molar-refractivity contribution in [3.8, 4) is 0 Å². The van der Waals surface area contributed by atoms with E-state index in [0.717, 1.165) is 8.66 Å². The lowest BCUT2D eigenvalue weighted by Crippen LogP contribution is -2.32. The van der Waals surface area contributed by atoms with Gasteiger partial charge >= 0.3 is 0 Å². The van der Waals surface area contributed by atoms with E-state index in [1.54, 1.807) is 11.3 Å². The molecule has 1 amide bonds. The highest BCUT2D eigenvalue weighted by Crippen LogP contribution is 2.32. The average molecular weight is 303 g/mol. The van der Waals surface area contributed by atoms with Crippen molar-refractivity contribution < 1.29 is 4.79 Å². The third-order valence-electron chi connectivity index (χ3n) is 2.74. The first-order valence-corrected chi connectivity index (χ1v) is 7.02. The van der Waals surface area contributed by atoms with Crippen LogP contribution in [0.15, 0.2) is 15.9 Å². The molecule has 0 spiro atoms. The molecule has 0 aliphatic heterocycles. The van der Waals surface area contributed by atoms with Crippen molar-refractivity contribution in [1.82, 2.24) is 5.32 Å². The average Bonchev–Trinajstić information content (AvgIpc) is 3.00. The van der Waals surface area contributed by atoms with Crippen LogP contribution in [0.1, 0.15) is 24.1 Å². The minimum absolute atomic E-state index is 0.0510. The van der Waals surface area contributed by atoms with Gasteiger partial charge in [0.05, 0.1) is 10.3 Å². The number of hydrogen-bond acceptors (Lipinski definition) is 3. The fraction of sp³-hybridized carbons (Fsp3) is 0.545. The standard InChI is InChI=1S/C11H15BrN2OS/c12-10-4-3-8(16-10)6-14-11(15)5-9(13)7-1-2-7/h3-4,7,9H,1-2,5-6,13H2,(H,14,15). The second kappa shape index (κ2) is 5.29. The fourth-order valence-corrected chi connectivity index (χ4v) is 3.03. The molecule has 1 unspecified atom stereocenters. The molecule has 1 aliphatic rings. The molecule has 88 valence electrons. The normalized spacial score (nSPS) is 17.1. The van der Waals surface area contributed by atoms with Gasteiger partial charge in [0.1, 0.15) is 0 Å². The number of carbonyl (C=O) groups is 1. The Morgan fingerprint density at radius 3 is 2.94 bits per heavy atom. The van der Waals surface area contributed by atoms with Gasteiger partial charge in [0.15, 0.2) is 0 Å². The molecular weight excluding hydrogens is 288 g/mol. The second-order valence-electron chi connectivity index (χ2n) is 4.19. The number of rotatable bonds is 5. The van der Waals surface area contributed by atoms with Crippen LogP contribution in [0.25, 0.3) is 0 Å². The second-order valence-corrected chi connectivity index (χ2v) is 6.74. The van der Waals surface area contributed by atoms with E-state index < -0.39 is 0 Å². The number of amides is 1. The Morgan fingerprint density at radius 2 is 2.38 bits per heavy atom. The number of nitrogens with one attached hydrogen (secondary N) is 1. The van der Waals surface area contributed by atoms with Gasteiger partial charge in [0.25, 0.3) is 0 Å². The monoisotopic (exact) mass is 302 g/mol. The van der Waals surface area contributed by atoms with Gasteiger partial charge in [0, 0.05) is 17.3 Å². The summed E-state index contributed by atoms with van der Waals surface area (Å²) in [5, 5.41) is 2.90. The lowest BCUT2D eigenvalue weighted by atomic mass is 10.1. The van der Waals surface area contributed by atoms with Crippen molar-refractivity contribution in [3.63, 3.8) is 0 Å². The summed E-state index contributed by atoms with van der Waals surface area (Å²) in [6.45, 7) is 0.604. The predicted molar refractivity (Wildman–Crippen MR) is 69.2 cm³/mol. The molecule has 1 aliphatic carbocycles. The Hall–Kier alpha value is -0.390. The maximum Gasteiger partial charge on any atom is 0.221 e. The van der Waals surface area contributed by atoms with E-state index >= 15 is 0 Å². The number of nitrogens with two attached hydrogens (primary N) is 1. The molecule has 0 aromatic carbocycles. The third kappa shape index (κ3) is 3.57. The minimum atomic E-state index is 0.0510. The van der Waals surface area contributed by atoms with E-state index in [0.29, 0.717) is 18.9 Å². The number of hydrogen-bond donors (Lipinski definition) is 2. The van der Waals surface area contributed by atoms with Crippen LogP contribution in [0.5, 0.6) is 0 Å². The molecule has 2 rings (SSSR count). The van der Waals surface area contributed by atoms with Gasteiger partial charge in [-0.3, -0.25) is 4.79 Å². The van der Waals surface area contributed by atoms with Gasteiger partial charge in [-0.25, -0.2) is 0 Å². The Kier molecular flexibility index (Phi) is 4.00. The first-order valence-electron chi connectivity index (χ1n) is 5.41. The highest BCUT2D eigenvalue weighted by molar-refractivity contribution is 9.11. The summed E-state index contributed by atoms with van der Waals surface area (Å²) < 4.78 is 1.09. The molecule has 3 N–H and O–H groups in total. The highest BCUT2D eigenvalue weighted by Gasteiger charge is 2.29. The smallest absolute Gasteiger partial charge is 0.221 e. The Bertz CT molecular complexity index is 376. The molecule has 1 aromatic heterocycles. The van der Waals surface area contributed by atoms with Gasteiger partial charge in [-0.15, -0.1) is 11.3 Å². The molecule has 1 heterocycles. The summed E-state index contributed by atoms with van der Waals surface area (Å²) in [4.78, 5) is 12.7. The number of carbonyl (C=O) groups excluding carboxylic acids is 1. The molecule has 3 nitrogen and oxygen atoms in total. The molecule has 0 radical (unpaired) electrons. The lowest BCUT2D eigenvalue weighted by Gasteiger charge is -2.09. The Morgan fingerprint density at radius 1 is 1.62 bits per heavy atom. The molecule has 0 saturated heterocycles. The summed E-state index contributed by atoms with van der Waals surface area (Å²) in [6.07, 6.45) is 2.83. The number of thiophene rings is 1. The maximum absolute atomic E-state index is 11.6. The van der Waals surface area contributed by atoms with Gasteiger partial charge in [-0.05, 0) is 46.8 Å². The fourth-order valence-electron chi connectivity index (χ4n) is 1.61. The van der Waals surface area contributed by atoms with E-state index in [1.807, 2.05) is 12.1 Å². The van der Waals surface area contributed by atoms with E-state index in [9.17, 15) is 4.79 Å². The van der Waals surface area contributed by atoms with Crippen molar-refractivity contribution in [3.05, 3.63) is 20.8 Å². The predicted octanol–water partition coefficient (Wildman–Crippen LogP) is 2.25. The molecular formula is C11H15BrN2OS. The summed E-state index contributed by atoms with van der Waals surface area (Å²) >= 11 is 5.03. The topological polar surface area (TPSA) is 55.1 Å². The van der Waals surface area contributed by atoms with Gasteiger partial charge in [-0.2, -0.15) is 0 Å². The number of halogens is 1. The zero-order chi connectivity index (χ0) is 11.5. The summed E-state index contributed by atoms with van der Waals surface area (Å²) in [5.74, 6) is 0.644. The van der Waals surface area contributed by atoms with Crippen LogP contribution in [-0.2, 0) is 11.3 Å². The molecule has 1 saturated carbocycles. The largest absolute Gasteiger partial charge is 0.351 e. The highest BCUT2D eigenvalue weighted by atomic mass is 79.9. The van der Waals surface area contributed by atoms with Crippen molar-refractivity contribution in [2.75, 3.05) is 0 Å². The van der Waals surface area contributed by atoms with Gasteiger partial charge < -0.3 is 11.1 Å². The molecule has 16 heavy (non-hydrogen) atoms. The van der Waals surface area contributed by atoms with E-state index in [2.05, 4.69) is 21.2 Å². The minimum Gasteiger partial charge on any atom is -0.351 e. The molecule has 0 bridgehead atoms. The Labute approximate surface area is 108 Å². The third-order valence-corrected chi connectivity index (χ3v) is 4.36. The van der Waals surface area contributed by atoms with Gasteiger partial charge in [0.2, 0.25) is 5.91 Å². The zero-order valence-electron chi connectivity index (χ0n) is 8.91. The molecule has 1 aromatic rings. The maximum atomic E-state index is 11.6. The van der Waals surface area contributed by atoms with Crippen LogP contribution >= 0.6 is 27.3 Å². The van der Waals surface area contributed by atoms with E-state index in [1.165, 1.54) is 12.8 Å². The summed E-state index contributed by atoms with van der Waals surface area (Å²) in [6, 6.07) is 4.05. The Balaban J connectivity index is 1.70. The molecule has 1 atom stereocenters. The zero-order valence-corrected chi connectivity index (χ0v) is 11.3. The van der Waals surface area contributed by atoms with Crippen LogP contribution < -0.4 is 11.1 Å². The molecule has 1 fully saturated rings. The quantitative estimate of drug-likeness (QED) is 0.876. The van der Waals surface area contributed by atoms with Crippen LogP contribution in [0.3, 0.4) is 0 Å². The first-order chi connectivity index (χ1) is 7.65. The van der Waals surface area contributed by atoms with Crippen LogP contribution in [0.4, 0.5) is 0 Å². The lowest BCUT2D eigenvalue weighted by molar-refractivity contribution is -0.121. The molecule has 5 heteroatoms. The van der Waals surface area contributed by atoms with Crippen LogP contribution in [-0.4, -0.2) is 11.9 Å². The van der Waals surface area contributed by atoms with E-state index in [-0.39, 0.29) is 11.9 Å². The van der Waals surface area contributed by atoms with Crippen molar-refractivity contribution >= 4 is 33.2 Å². The van der Waals surface area contributed by atoms with Crippen molar-refractivity contribution in [1.29, 1.82) is 0 Å². The van der Waals surface area contributed by atoms with Gasteiger partial charge in [-0.1, -0.05) is 0 Å². The van der Waals surface area contributed by atoms with Crippen molar-refractivity contribution in [2.45, 2.75) is 31.8 Å². The van der Waals surface area contributed by atoms with Crippen molar-refractivity contribution in [2.24, 2.45) is 11.7 Å². The summed E-state index contributed by atoms with van der Waals surface area (Å²) in [7, 11) is 0. The summed E-state index contributed by atoms with van der Waals surface area (Å²) in [5.41, 5.74) is 5.89. The first kappa shape index (κ1) is 12.1. The van der Waals surface area contributed by atoms with Crippen LogP contribution in [0.2, 0.25) is 0 Å². The van der Waals surface area contributed by atoms with Crippen LogP contribution in [0, 0.1) is 5.92 Å². The SMILES string of the molecule is NC(CC(=O)NCc1ccc(Br)s1)C1CC1. The van der Waals surface area contributed by atoms with E-state index in [4.69, 9.17) is 5.73 Å².